The second-order valence-electron chi connectivity index (χ2n) is 6.30. The van der Waals surface area contributed by atoms with Crippen LogP contribution in [0.5, 0.6) is 0 Å². The van der Waals surface area contributed by atoms with Gasteiger partial charge < -0.3 is 10.2 Å². The minimum absolute atomic E-state index is 0.0000320. The van der Waals surface area contributed by atoms with E-state index in [0.29, 0.717) is 22.7 Å². The topological polar surface area (TPSA) is 62.3 Å². The van der Waals surface area contributed by atoms with Crippen LogP contribution < -0.4 is 10.2 Å². The van der Waals surface area contributed by atoms with Gasteiger partial charge in [-0.15, -0.1) is 0 Å². The highest BCUT2D eigenvalue weighted by atomic mass is 32.2. The Morgan fingerprint density at radius 1 is 1.36 bits per heavy atom. The van der Waals surface area contributed by atoms with E-state index in [1.54, 1.807) is 18.3 Å². The van der Waals surface area contributed by atoms with Crippen molar-refractivity contribution < 1.29 is 9.59 Å². The Bertz CT molecular complexity index is 848. The van der Waals surface area contributed by atoms with Gasteiger partial charge in [0.1, 0.15) is 5.03 Å². The number of carbonyl (C=O) groups is 2. The van der Waals surface area contributed by atoms with Crippen molar-refractivity contribution in [3.05, 3.63) is 47.7 Å². The van der Waals surface area contributed by atoms with E-state index in [1.807, 2.05) is 30.0 Å². The molecule has 1 aromatic carbocycles. The summed E-state index contributed by atoms with van der Waals surface area (Å²) in [5, 5.41) is 3.60. The van der Waals surface area contributed by atoms with Gasteiger partial charge in [0.05, 0.1) is 11.3 Å². The Morgan fingerprint density at radius 3 is 2.96 bits per heavy atom. The molecule has 5 nitrogen and oxygen atoms in total. The molecular weight excluding hydrogens is 334 g/mol. The monoisotopic (exact) mass is 353 g/mol. The maximum atomic E-state index is 13.0. The largest absolute Gasteiger partial charge is 0.352 e. The fourth-order valence-electron chi connectivity index (χ4n) is 2.95. The van der Waals surface area contributed by atoms with E-state index in [9.17, 15) is 9.59 Å². The van der Waals surface area contributed by atoms with Gasteiger partial charge in [0.25, 0.3) is 11.8 Å². The predicted octanol–water partition coefficient (Wildman–Crippen LogP) is 3.50. The highest BCUT2D eigenvalue weighted by Crippen LogP contribution is 2.44. The van der Waals surface area contributed by atoms with E-state index in [0.717, 1.165) is 29.8 Å². The number of benzene rings is 1. The first kappa shape index (κ1) is 16.1. The molecule has 6 heteroatoms. The summed E-state index contributed by atoms with van der Waals surface area (Å²) in [6, 6.07) is 9.44. The summed E-state index contributed by atoms with van der Waals surface area (Å²) >= 11 is 1.46. The average Bonchev–Trinajstić information content (AvgIpc) is 3.46. The summed E-state index contributed by atoms with van der Waals surface area (Å²) in [5.74, 6) is -0.0833. The maximum Gasteiger partial charge on any atom is 0.261 e. The normalized spacial score (nSPS) is 16.0. The molecule has 1 aliphatic heterocycles. The van der Waals surface area contributed by atoms with Crippen LogP contribution in [0, 0.1) is 0 Å². The first-order chi connectivity index (χ1) is 12.2. The van der Waals surface area contributed by atoms with E-state index in [2.05, 4.69) is 10.3 Å². The van der Waals surface area contributed by atoms with Crippen LogP contribution in [0.25, 0.3) is 0 Å². The van der Waals surface area contributed by atoms with Gasteiger partial charge in [-0.05, 0) is 49.6 Å². The fourth-order valence-corrected chi connectivity index (χ4v) is 3.99. The summed E-state index contributed by atoms with van der Waals surface area (Å²) in [5.41, 5.74) is 2.12. The Morgan fingerprint density at radius 2 is 2.20 bits per heavy atom. The lowest BCUT2D eigenvalue weighted by molar-refractivity contribution is 0.0952. The molecule has 0 radical (unpaired) electrons. The zero-order chi connectivity index (χ0) is 17.4. The molecule has 1 aromatic heterocycles. The number of aromatic nitrogens is 1. The second-order valence-corrected chi connectivity index (χ2v) is 7.33. The Balaban J connectivity index is 1.78. The molecule has 0 unspecified atom stereocenters. The first-order valence-electron chi connectivity index (χ1n) is 8.57. The number of nitrogens with zero attached hydrogens (tertiary/aromatic N) is 2. The van der Waals surface area contributed by atoms with Crippen LogP contribution >= 0.6 is 11.8 Å². The minimum atomic E-state index is -0.0833. The predicted molar refractivity (Wildman–Crippen MR) is 97.3 cm³/mol. The standard InChI is InChI=1S/C19H19N3O2S/c1-2-9-20-17(23)12-5-8-15-16(11-12)25-18-14(4-3-10-21-18)19(24)22(15)13-6-7-13/h3-5,8,10-11,13H,2,6-7,9H2,1H3,(H,20,23). The summed E-state index contributed by atoms with van der Waals surface area (Å²) in [6.07, 6.45) is 4.63. The van der Waals surface area contributed by atoms with Crippen molar-refractivity contribution in [2.45, 2.75) is 42.1 Å². The molecule has 2 aromatic rings. The molecule has 25 heavy (non-hydrogen) atoms. The van der Waals surface area contributed by atoms with Gasteiger partial charge in [-0.25, -0.2) is 4.98 Å². The molecule has 2 aliphatic rings. The molecule has 0 saturated heterocycles. The van der Waals surface area contributed by atoms with Gasteiger partial charge in [0, 0.05) is 29.2 Å². The second kappa shape index (κ2) is 6.52. The van der Waals surface area contributed by atoms with Crippen molar-refractivity contribution in [2.24, 2.45) is 0 Å². The van der Waals surface area contributed by atoms with Gasteiger partial charge >= 0.3 is 0 Å². The van der Waals surface area contributed by atoms with Gasteiger partial charge in [-0.3, -0.25) is 9.59 Å². The van der Waals surface area contributed by atoms with Crippen molar-refractivity contribution in [2.75, 3.05) is 11.4 Å². The molecule has 1 aliphatic carbocycles. The van der Waals surface area contributed by atoms with E-state index in [1.165, 1.54) is 11.8 Å². The molecule has 4 rings (SSSR count). The molecule has 1 N–H and O–H groups in total. The van der Waals surface area contributed by atoms with Gasteiger partial charge in [-0.1, -0.05) is 18.7 Å². The SMILES string of the molecule is CCCNC(=O)c1ccc2c(c1)Sc1ncccc1C(=O)N2C1CC1. The average molecular weight is 353 g/mol. The third-order valence-corrected chi connectivity index (χ3v) is 5.42. The molecular formula is C19H19N3O2S. The maximum absolute atomic E-state index is 13.0. The van der Waals surface area contributed by atoms with Gasteiger partial charge in [0.2, 0.25) is 0 Å². The molecule has 2 amide bonds. The summed E-state index contributed by atoms with van der Waals surface area (Å²) in [7, 11) is 0. The zero-order valence-corrected chi connectivity index (χ0v) is 14.8. The van der Waals surface area contributed by atoms with Crippen molar-refractivity contribution in [1.82, 2.24) is 10.3 Å². The van der Waals surface area contributed by atoms with E-state index in [-0.39, 0.29) is 17.9 Å². The number of amides is 2. The van der Waals surface area contributed by atoms with E-state index < -0.39 is 0 Å². The third kappa shape index (κ3) is 3.02. The smallest absolute Gasteiger partial charge is 0.261 e. The van der Waals surface area contributed by atoms with E-state index >= 15 is 0 Å². The first-order valence-corrected chi connectivity index (χ1v) is 9.39. The van der Waals surface area contributed by atoms with Crippen molar-refractivity contribution in [3.63, 3.8) is 0 Å². The number of nitrogens with one attached hydrogen (secondary N) is 1. The van der Waals surface area contributed by atoms with Crippen molar-refractivity contribution >= 4 is 29.3 Å². The molecule has 0 atom stereocenters. The van der Waals surface area contributed by atoms with Gasteiger partial charge in [-0.2, -0.15) is 0 Å². The highest BCUT2D eigenvalue weighted by molar-refractivity contribution is 7.99. The number of rotatable bonds is 4. The lowest BCUT2D eigenvalue weighted by Crippen LogP contribution is -2.33. The van der Waals surface area contributed by atoms with Crippen LogP contribution in [0.2, 0.25) is 0 Å². The summed E-state index contributed by atoms with van der Waals surface area (Å²) < 4.78 is 0. The Kier molecular flexibility index (Phi) is 4.21. The van der Waals surface area contributed by atoms with Crippen LogP contribution in [-0.4, -0.2) is 29.4 Å². The number of hydrogen-bond donors (Lipinski definition) is 1. The quantitative estimate of drug-likeness (QED) is 0.914. The lowest BCUT2D eigenvalue weighted by atomic mass is 10.1. The van der Waals surface area contributed by atoms with Crippen LogP contribution in [-0.2, 0) is 0 Å². The van der Waals surface area contributed by atoms with E-state index in [4.69, 9.17) is 0 Å². The Hall–Kier alpha value is -2.34. The summed E-state index contributed by atoms with van der Waals surface area (Å²) in [4.78, 5) is 32.5. The Labute approximate surface area is 150 Å². The molecule has 1 fully saturated rings. The van der Waals surface area contributed by atoms with Crippen LogP contribution in [0.15, 0.2) is 46.5 Å². The molecule has 0 bridgehead atoms. The van der Waals surface area contributed by atoms with Crippen LogP contribution in [0.1, 0.15) is 46.9 Å². The minimum Gasteiger partial charge on any atom is -0.352 e. The molecule has 128 valence electrons. The van der Waals surface area contributed by atoms with Crippen LogP contribution in [0.4, 0.5) is 5.69 Å². The summed E-state index contributed by atoms with van der Waals surface area (Å²) in [6.45, 7) is 2.68. The number of hydrogen-bond acceptors (Lipinski definition) is 4. The zero-order valence-electron chi connectivity index (χ0n) is 14.0. The fraction of sp³-hybridized carbons (Fsp3) is 0.316. The number of fused-ring (bicyclic) bond motifs is 2. The molecule has 2 heterocycles. The van der Waals surface area contributed by atoms with Crippen molar-refractivity contribution in [1.29, 1.82) is 0 Å². The molecule has 1 saturated carbocycles. The van der Waals surface area contributed by atoms with Gasteiger partial charge in [0.15, 0.2) is 0 Å². The number of pyridine rings is 1. The highest BCUT2D eigenvalue weighted by Gasteiger charge is 2.38. The molecule has 0 spiro atoms. The lowest BCUT2D eigenvalue weighted by Gasteiger charge is -2.22. The van der Waals surface area contributed by atoms with Crippen molar-refractivity contribution in [3.8, 4) is 0 Å². The number of anilines is 1. The van der Waals surface area contributed by atoms with Crippen LogP contribution in [0.3, 0.4) is 0 Å². The third-order valence-electron chi connectivity index (χ3n) is 4.36. The number of carbonyl (C=O) groups excluding carboxylic acids is 2.